The number of aromatic nitrogens is 8. The van der Waals surface area contributed by atoms with Crippen molar-refractivity contribution in [3.05, 3.63) is 161 Å². The van der Waals surface area contributed by atoms with Crippen LogP contribution in [0.5, 0.6) is 11.5 Å². The first kappa shape index (κ1) is 60.0. The number of carbonyl (C=O) groups excluding carboxylic acids is 2. The number of anilines is 2. The number of H-pyrrole nitrogens is 1. The monoisotopic (exact) mass is 1210 g/mol. The number of halogens is 2. The van der Waals surface area contributed by atoms with Gasteiger partial charge in [0.2, 0.25) is 11.9 Å². The molecule has 10 rings (SSSR count). The quantitative estimate of drug-likeness (QED) is 0.0258. The lowest BCUT2D eigenvalue weighted by Crippen LogP contribution is -2.40. The van der Waals surface area contributed by atoms with E-state index in [1.54, 1.807) is 105 Å². The Bertz CT molecular complexity index is 3790. The molecule has 2 fully saturated rings. The number of amides is 2. The summed E-state index contributed by atoms with van der Waals surface area (Å²) in [6.45, 7) is 0.989. The third kappa shape index (κ3) is 12.6. The smallest absolute Gasteiger partial charge is 0.475 e. The Kier molecular flexibility index (Phi) is 18.3. The Balaban J connectivity index is 1.02. The number of alkyl halides is 2. The van der Waals surface area contributed by atoms with Crippen LogP contribution < -0.4 is 25.7 Å². The van der Waals surface area contributed by atoms with Gasteiger partial charge in [0.25, 0.3) is 11.5 Å². The molecule has 0 spiro atoms. The predicted molar refractivity (Wildman–Crippen MR) is 298 cm³/mol. The van der Waals surface area contributed by atoms with Crippen LogP contribution in [0.25, 0.3) is 22.3 Å². The highest BCUT2D eigenvalue weighted by Gasteiger charge is 2.54. The van der Waals surface area contributed by atoms with Crippen molar-refractivity contribution in [2.75, 3.05) is 44.7 Å². The van der Waals surface area contributed by atoms with Gasteiger partial charge in [0, 0.05) is 11.5 Å². The number of phosphoric acid groups is 1. The van der Waals surface area contributed by atoms with Crippen molar-refractivity contribution in [2.45, 2.75) is 75.1 Å². The van der Waals surface area contributed by atoms with Crippen LogP contribution in [0.2, 0.25) is 0 Å². The first-order valence-electron chi connectivity index (χ1n) is 26.3. The molecule has 4 N–H and O–H groups in total. The minimum Gasteiger partial charge on any atom is -0.497 e. The summed E-state index contributed by atoms with van der Waals surface area (Å²) in [6, 6.07) is 33.3. The molecule has 0 bridgehead atoms. The fraction of sp³-hybridized carbons (Fsp3) is 0.327. The summed E-state index contributed by atoms with van der Waals surface area (Å²) in [4.78, 5) is 72.7. The Morgan fingerprint density at radius 3 is 1.96 bits per heavy atom. The van der Waals surface area contributed by atoms with E-state index in [0.717, 1.165) is 17.2 Å². The second kappa shape index (κ2) is 26.0. The molecule has 10 atom stereocenters. The molecule has 2 aliphatic heterocycles. The Morgan fingerprint density at radius 2 is 1.36 bits per heavy atom. The molecule has 0 saturated carbocycles. The molecule has 2 saturated heterocycles. The number of nitriles is 1. The highest BCUT2D eigenvalue weighted by atomic mass is 31.2. The van der Waals surface area contributed by atoms with E-state index in [-0.39, 0.29) is 34.1 Å². The number of methoxy groups -OCH3 is 2. The topological polar surface area (TPSA) is 327 Å². The molecular weight excluding hydrogens is 1150 g/mol. The van der Waals surface area contributed by atoms with Crippen molar-refractivity contribution in [1.29, 1.82) is 5.26 Å². The minimum atomic E-state index is -5.28. The number of hydrogen-bond donors (Lipinski definition) is 4. The molecule has 2 unspecified atom stereocenters. The van der Waals surface area contributed by atoms with Gasteiger partial charge in [-0.15, -0.1) is 0 Å². The summed E-state index contributed by atoms with van der Waals surface area (Å²) < 4.78 is 118. The van der Waals surface area contributed by atoms with Crippen molar-refractivity contribution in [3.63, 3.8) is 0 Å². The number of ether oxygens (including phenoxy) is 5. The molecule has 4 aromatic heterocycles. The lowest BCUT2D eigenvalue weighted by Gasteiger charge is -2.37. The zero-order valence-electron chi connectivity index (χ0n) is 45.6. The molecule has 4 aromatic carbocycles. The molecule has 0 radical (unpaired) electrons. The van der Waals surface area contributed by atoms with Crippen molar-refractivity contribution in [2.24, 2.45) is 5.92 Å². The average molecular weight is 1210 g/mol. The van der Waals surface area contributed by atoms with E-state index in [1.807, 2.05) is 24.3 Å². The Hall–Kier alpha value is -8.19. The van der Waals surface area contributed by atoms with Gasteiger partial charge in [0.05, 0.1) is 59.2 Å². The molecule has 2 aliphatic rings. The molecule has 444 valence electrons. The Morgan fingerprint density at radius 1 is 0.788 bits per heavy atom. The minimum absolute atomic E-state index is 0.0175. The van der Waals surface area contributed by atoms with Gasteiger partial charge in [-0.1, -0.05) is 86.6 Å². The molecule has 85 heavy (non-hydrogen) atoms. The lowest BCUT2D eigenvalue weighted by molar-refractivity contribution is -0.118. The van der Waals surface area contributed by atoms with Gasteiger partial charge in [-0.05, 0) is 53.1 Å². The number of benzene rings is 4. The van der Waals surface area contributed by atoms with Crippen molar-refractivity contribution in [1.82, 2.24) is 39.0 Å². The van der Waals surface area contributed by atoms with Crippen LogP contribution in [-0.2, 0) is 51.8 Å². The van der Waals surface area contributed by atoms with Crippen molar-refractivity contribution < 1.29 is 74.2 Å². The Labute approximate surface area is 482 Å². The summed E-state index contributed by atoms with van der Waals surface area (Å²) in [5.41, 5.74) is -0.887. The summed E-state index contributed by atoms with van der Waals surface area (Å²) in [7, 11) is -6.22. The van der Waals surface area contributed by atoms with Crippen LogP contribution in [0.3, 0.4) is 0 Å². The maximum absolute atomic E-state index is 18.1. The van der Waals surface area contributed by atoms with E-state index in [0.29, 0.717) is 33.8 Å². The molecule has 2 amide bonds. The molecule has 30 heteroatoms. The molecular formula is C55H55F2N11O15P2. The third-order valence-electron chi connectivity index (χ3n) is 13.9. The molecule has 6 heterocycles. The second-order valence-corrected chi connectivity index (χ2v) is 21.9. The van der Waals surface area contributed by atoms with Crippen molar-refractivity contribution in [3.8, 4) is 17.6 Å². The molecule has 26 nitrogen and oxygen atoms in total. The van der Waals surface area contributed by atoms with E-state index >= 15 is 13.3 Å². The summed E-state index contributed by atoms with van der Waals surface area (Å²) in [5, 5.41) is 14.7. The fourth-order valence-corrected chi connectivity index (χ4v) is 11.6. The highest BCUT2D eigenvalue weighted by molar-refractivity contribution is 7.48. The molecule has 0 aliphatic carbocycles. The van der Waals surface area contributed by atoms with Gasteiger partial charge >= 0.3 is 16.1 Å². The average Bonchev–Trinajstić information content (AvgIpc) is 2.11. The third-order valence-corrected chi connectivity index (χ3v) is 15.8. The number of nitrogens with one attached hydrogen (secondary N) is 3. The number of imidazole rings is 2. The van der Waals surface area contributed by atoms with Crippen LogP contribution >= 0.6 is 16.1 Å². The van der Waals surface area contributed by atoms with E-state index in [2.05, 4.69) is 40.5 Å². The first-order valence-corrected chi connectivity index (χ1v) is 29.0. The maximum atomic E-state index is 18.1. The van der Waals surface area contributed by atoms with Crippen LogP contribution in [0.1, 0.15) is 59.8 Å². The van der Waals surface area contributed by atoms with Crippen LogP contribution in [0, 0.1) is 17.2 Å². The number of phosphoric ester groups is 1. The zero-order valence-corrected chi connectivity index (χ0v) is 47.5. The highest BCUT2D eigenvalue weighted by Crippen LogP contribution is 2.55. The summed E-state index contributed by atoms with van der Waals surface area (Å²) >= 11 is 0. The SMILES string of the molecule is COc1ccc(C(OC[C@H]2O[C@@H](n3cnc4c(NC(=O)c5ccccc5)ncnc43)[C@H](F)[C@@H]2OP(=O)(OCCC#N)OC[C@H]2O[C@@H](n3cnc4c(=O)[nH]c(NC(=O)C(C)C)nc43)[C@H](F)[C@@H]2O[PH](=O)O)(c2ccccc2)c2ccc(OC)cc2)cc1. The summed E-state index contributed by atoms with van der Waals surface area (Å²) in [5.74, 6) is -0.852. The normalized spacial score (nSPS) is 21.6. The summed E-state index contributed by atoms with van der Waals surface area (Å²) in [6.07, 6.45) is -12.6. The van der Waals surface area contributed by atoms with Crippen LogP contribution in [-0.4, -0.2) is 127 Å². The van der Waals surface area contributed by atoms with Gasteiger partial charge < -0.3 is 38.4 Å². The zero-order chi connectivity index (χ0) is 60.0. The van der Waals surface area contributed by atoms with E-state index in [4.69, 9.17) is 41.8 Å². The van der Waals surface area contributed by atoms with Gasteiger partial charge in [-0.3, -0.25) is 52.0 Å². The fourth-order valence-electron chi connectivity index (χ4n) is 9.72. The maximum Gasteiger partial charge on any atom is 0.475 e. The van der Waals surface area contributed by atoms with E-state index < -0.39 is 120 Å². The van der Waals surface area contributed by atoms with Gasteiger partial charge in [0.15, 0.2) is 52.9 Å². The number of fused-ring (bicyclic) bond motifs is 2. The first-order chi connectivity index (χ1) is 41.0. The predicted octanol–water partition coefficient (Wildman–Crippen LogP) is 7.51. The number of carbonyl (C=O) groups is 2. The van der Waals surface area contributed by atoms with Crippen LogP contribution in [0.15, 0.2) is 133 Å². The number of nitrogens with zero attached hydrogens (tertiary/aromatic N) is 8. The van der Waals surface area contributed by atoms with E-state index in [1.165, 1.54) is 25.1 Å². The second-order valence-electron chi connectivity index (χ2n) is 19.5. The number of hydrogen-bond acceptors (Lipinski definition) is 20. The number of aromatic amines is 1. The number of rotatable bonds is 24. The van der Waals surface area contributed by atoms with Crippen LogP contribution in [0.4, 0.5) is 20.5 Å². The lowest BCUT2D eigenvalue weighted by atomic mass is 9.80. The standard InChI is InChI=1S/C55H55F2N11O15P2/c1-31(2)49(69)65-54-64-48-43(51(71)66-54)62-30-68(48)52-40(56)44(82-84(72)73)39(81-52)27-79-85(74,78-25-11-24-58)83-45-38(80-53(41(45)57)67-29-61-42-46(59-28-60-47(42)67)63-50(70)32-12-7-5-8-13-32)26-77-55(33-14-9-6-10-15-33,34-16-20-36(75-3)21-17-34)35-18-22-37(76-4)23-19-35/h5-10,12-23,28-31,38-41,44-45,52-53,84H,11,25-27H2,1-4H3,(H,72,73)(H,59,60,63,70)(H2,64,65,66,69,71)/t38-,39-,40-,41-,44-,45-,52-,53-,85?/m1/s1. The van der Waals surface area contributed by atoms with E-state index in [9.17, 15) is 29.1 Å². The van der Waals surface area contributed by atoms with Gasteiger partial charge in [-0.2, -0.15) is 10.2 Å². The van der Waals surface area contributed by atoms with Gasteiger partial charge in [-0.25, -0.2) is 33.3 Å². The molecule has 8 aromatic rings. The van der Waals surface area contributed by atoms with Gasteiger partial charge in [0.1, 0.15) is 47.8 Å². The largest absolute Gasteiger partial charge is 0.497 e. The van der Waals surface area contributed by atoms with Crippen molar-refractivity contribution >= 4 is 62.0 Å².